The van der Waals surface area contributed by atoms with Gasteiger partial charge in [-0.3, -0.25) is 4.79 Å². The normalized spacial score (nSPS) is 17.6. The zero-order chi connectivity index (χ0) is 17.8. The van der Waals surface area contributed by atoms with Gasteiger partial charge in [0.05, 0.1) is 0 Å². The van der Waals surface area contributed by atoms with E-state index in [1.807, 2.05) is 18.4 Å². The number of carboxylic acids is 1. The van der Waals surface area contributed by atoms with Crippen LogP contribution in [0.1, 0.15) is 46.9 Å². The highest BCUT2D eigenvalue weighted by Gasteiger charge is 2.29. The summed E-state index contributed by atoms with van der Waals surface area (Å²) < 4.78 is 5.38. The Morgan fingerprint density at radius 2 is 2.12 bits per heavy atom. The molecule has 2 atom stereocenters. The van der Waals surface area contributed by atoms with Crippen LogP contribution in [0.2, 0.25) is 0 Å². The summed E-state index contributed by atoms with van der Waals surface area (Å²) in [6.07, 6.45) is 5.24. The largest absolute Gasteiger partial charge is 0.480 e. The van der Waals surface area contributed by atoms with E-state index in [4.69, 9.17) is 4.42 Å². The van der Waals surface area contributed by atoms with E-state index in [1.165, 1.54) is 22.9 Å². The molecule has 1 aliphatic carbocycles. The first-order valence-corrected chi connectivity index (χ1v) is 9.56. The zero-order valence-corrected chi connectivity index (χ0v) is 14.8. The van der Waals surface area contributed by atoms with Crippen LogP contribution in [0.15, 0.2) is 45.9 Å². The maximum atomic E-state index is 12.3. The molecule has 0 saturated heterocycles. The van der Waals surface area contributed by atoms with Crippen molar-refractivity contribution in [2.45, 2.75) is 42.7 Å². The van der Waals surface area contributed by atoms with Crippen molar-refractivity contribution in [3.8, 4) is 0 Å². The average molecular weight is 359 g/mol. The molecule has 1 aromatic carbocycles. The molecule has 1 amide bonds. The minimum absolute atomic E-state index is 0.139. The molecule has 0 spiro atoms. The predicted molar refractivity (Wildman–Crippen MR) is 96.1 cm³/mol. The van der Waals surface area contributed by atoms with Crippen molar-refractivity contribution >= 4 is 23.6 Å². The summed E-state index contributed by atoms with van der Waals surface area (Å²) in [4.78, 5) is 24.0. The quantitative estimate of drug-likeness (QED) is 0.769. The van der Waals surface area contributed by atoms with Crippen molar-refractivity contribution in [1.82, 2.24) is 5.32 Å². The number of carboxylic acid groups (broad SMARTS) is 1. The van der Waals surface area contributed by atoms with Crippen molar-refractivity contribution in [2.75, 3.05) is 6.26 Å². The molecule has 1 aromatic heterocycles. The number of benzene rings is 1. The van der Waals surface area contributed by atoms with E-state index in [-0.39, 0.29) is 11.7 Å². The van der Waals surface area contributed by atoms with Crippen LogP contribution in [0.4, 0.5) is 0 Å². The maximum Gasteiger partial charge on any atom is 0.326 e. The Balaban J connectivity index is 1.72. The Bertz CT molecular complexity index is 770. The Morgan fingerprint density at radius 3 is 2.84 bits per heavy atom. The van der Waals surface area contributed by atoms with E-state index in [9.17, 15) is 14.7 Å². The number of thioether (sulfide) groups is 1. The van der Waals surface area contributed by atoms with Gasteiger partial charge in [0.15, 0.2) is 10.9 Å². The summed E-state index contributed by atoms with van der Waals surface area (Å²) in [5.74, 6) is -1.23. The summed E-state index contributed by atoms with van der Waals surface area (Å²) >= 11 is 1.39. The average Bonchev–Trinajstić information content (AvgIpc) is 3.10. The smallest absolute Gasteiger partial charge is 0.326 e. The Labute approximate surface area is 150 Å². The number of carbonyl (C=O) groups excluding carboxylic acids is 1. The van der Waals surface area contributed by atoms with Crippen LogP contribution < -0.4 is 5.32 Å². The summed E-state index contributed by atoms with van der Waals surface area (Å²) in [5, 5.41) is 12.8. The van der Waals surface area contributed by atoms with Gasteiger partial charge in [0.25, 0.3) is 5.91 Å². The van der Waals surface area contributed by atoms with E-state index in [2.05, 4.69) is 17.4 Å². The van der Waals surface area contributed by atoms with Crippen LogP contribution in [0.5, 0.6) is 0 Å². The minimum atomic E-state index is -1.02. The standard InChI is InChI=1S/C19H21NO4S/c1-25-17-10-9-16(24-17)18(21)20-15(19(22)23)11-13-7-4-6-12-5-2-3-8-14(12)13/h2-3,5,8-10,13,15H,4,6-7,11H2,1H3,(H,20,21)(H,22,23). The molecule has 6 heteroatoms. The number of amides is 1. The minimum Gasteiger partial charge on any atom is -0.480 e. The van der Waals surface area contributed by atoms with Crippen LogP contribution in [0, 0.1) is 0 Å². The topological polar surface area (TPSA) is 79.5 Å². The number of furan rings is 1. The number of rotatable bonds is 6. The van der Waals surface area contributed by atoms with Crippen molar-refractivity contribution in [2.24, 2.45) is 0 Å². The third-order valence-corrected chi connectivity index (χ3v) is 5.25. The molecule has 5 nitrogen and oxygen atoms in total. The summed E-state index contributed by atoms with van der Waals surface area (Å²) in [5.41, 5.74) is 2.49. The van der Waals surface area contributed by atoms with E-state index in [0.29, 0.717) is 11.5 Å². The monoisotopic (exact) mass is 359 g/mol. The third-order valence-electron chi connectivity index (χ3n) is 4.62. The van der Waals surface area contributed by atoms with E-state index < -0.39 is 17.9 Å². The fraction of sp³-hybridized carbons (Fsp3) is 0.368. The van der Waals surface area contributed by atoms with Gasteiger partial charge in [-0.25, -0.2) is 4.79 Å². The second kappa shape index (κ2) is 7.78. The van der Waals surface area contributed by atoms with Gasteiger partial charge in [0.1, 0.15) is 6.04 Å². The Morgan fingerprint density at radius 1 is 1.32 bits per heavy atom. The lowest BCUT2D eigenvalue weighted by molar-refractivity contribution is -0.139. The predicted octanol–water partition coefficient (Wildman–Crippen LogP) is 3.69. The Kier molecular flexibility index (Phi) is 5.48. The third kappa shape index (κ3) is 4.07. The van der Waals surface area contributed by atoms with E-state index >= 15 is 0 Å². The van der Waals surface area contributed by atoms with Crippen LogP contribution in [-0.2, 0) is 11.2 Å². The number of hydrogen-bond acceptors (Lipinski definition) is 4. The molecule has 0 bridgehead atoms. The zero-order valence-electron chi connectivity index (χ0n) is 14.0. The molecule has 132 valence electrons. The number of fused-ring (bicyclic) bond motifs is 1. The van der Waals surface area contributed by atoms with Gasteiger partial charge in [-0.1, -0.05) is 36.0 Å². The highest BCUT2D eigenvalue weighted by Crippen LogP contribution is 2.34. The lowest BCUT2D eigenvalue weighted by Gasteiger charge is -2.27. The fourth-order valence-electron chi connectivity index (χ4n) is 3.39. The fourth-order valence-corrected chi connectivity index (χ4v) is 3.76. The summed E-state index contributed by atoms with van der Waals surface area (Å²) in [6, 6.07) is 10.5. The van der Waals surface area contributed by atoms with E-state index in [1.54, 1.807) is 12.1 Å². The van der Waals surface area contributed by atoms with Crippen molar-refractivity contribution in [3.05, 3.63) is 53.3 Å². The number of hydrogen-bond donors (Lipinski definition) is 2. The molecule has 3 rings (SSSR count). The summed E-state index contributed by atoms with van der Waals surface area (Å²) in [6.45, 7) is 0. The van der Waals surface area contributed by atoms with Crippen molar-refractivity contribution < 1.29 is 19.1 Å². The van der Waals surface area contributed by atoms with Crippen LogP contribution in [-0.4, -0.2) is 29.3 Å². The number of aliphatic carboxylic acids is 1. The van der Waals surface area contributed by atoms with Gasteiger partial charge >= 0.3 is 5.97 Å². The number of carbonyl (C=O) groups is 2. The van der Waals surface area contributed by atoms with Crippen LogP contribution in [0.3, 0.4) is 0 Å². The number of nitrogens with one attached hydrogen (secondary N) is 1. The van der Waals surface area contributed by atoms with Gasteiger partial charge in [-0.2, -0.15) is 0 Å². The SMILES string of the molecule is CSc1ccc(C(=O)NC(CC2CCCc3ccccc32)C(=O)O)o1. The van der Waals surface area contributed by atoms with Gasteiger partial charge in [0, 0.05) is 0 Å². The molecule has 0 fully saturated rings. The molecule has 1 aliphatic rings. The second-order valence-corrected chi connectivity index (χ2v) is 7.02. The van der Waals surface area contributed by atoms with Gasteiger partial charge in [-0.15, -0.1) is 0 Å². The van der Waals surface area contributed by atoms with Crippen LogP contribution >= 0.6 is 11.8 Å². The lowest BCUT2D eigenvalue weighted by Crippen LogP contribution is -2.42. The molecular formula is C19H21NO4S. The van der Waals surface area contributed by atoms with Gasteiger partial charge in [-0.05, 0) is 61.1 Å². The first kappa shape index (κ1) is 17.6. The molecule has 25 heavy (non-hydrogen) atoms. The van der Waals surface area contributed by atoms with E-state index in [0.717, 1.165) is 19.3 Å². The summed E-state index contributed by atoms with van der Waals surface area (Å²) in [7, 11) is 0. The van der Waals surface area contributed by atoms with Crippen molar-refractivity contribution in [1.29, 1.82) is 0 Å². The molecule has 0 aliphatic heterocycles. The molecule has 1 heterocycles. The highest BCUT2D eigenvalue weighted by molar-refractivity contribution is 7.98. The molecule has 2 N–H and O–H groups in total. The molecule has 2 unspecified atom stereocenters. The first-order chi connectivity index (χ1) is 12.1. The van der Waals surface area contributed by atoms with Gasteiger partial charge < -0.3 is 14.8 Å². The molecular weight excluding hydrogens is 338 g/mol. The Hall–Kier alpha value is -2.21. The van der Waals surface area contributed by atoms with Crippen LogP contribution in [0.25, 0.3) is 0 Å². The lowest BCUT2D eigenvalue weighted by atomic mass is 9.79. The maximum absolute atomic E-state index is 12.3. The van der Waals surface area contributed by atoms with Crippen molar-refractivity contribution in [3.63, 3.8) is 0 Å². The first-order valence-electron chi connectivity index (χ1n) is 8.33. The molecule has 2 aromatic rings. The second-order valence-electron chi connectivity index (χ2n) is 6.21. The molecule has 0 radical (unpaired) electrons. The molecule has 0 saturated carbocycles. The number of aryl methyl sites for hydroxylation is 1. The van der Waals surface area contributed by atoms with Gasteiger partial charge in [0.2, 0.25) is 0 Å². The highest BCUT2D eigenvalue weighted by atomic mass is 32.2.